The van der Waals surface area contributed by atoms with Crippen LogP contribution in [0.4, 0.5) is 0 Å². The second-order valence-corrected chi connectivity index (χ2v) is 5.67. The summed E-state index contributed by atoms with van der Waals surface area (Å²) in [5.41, 5.74) is 1.65. The number of carbonyl (C=O) groups is 2. The lowest BCUT2D eigenvalue weighted by atomic mass is 9.98. The summed E-state index contributed by atoms with van der Waals surface area (Å²) in [5, 5.41) is 16.9. The molecule has 2 atom stereocenters. The van der Waals surface area contributed by atoms with Crippen LogP contribution in [-0.4, -0.2) is 37.8 Å². The molecule has 7 heteroatoms. The first-order valence-corrected chi connectivity index (χ1v) is 7.75. The molecule has 0 aliphatic heterocycles. The minimum atomic E-state index is -1.03. The first kappa shape index (κ1) is 16.9. The molecule has 0 unspecified atom stereocenters. The van der Waals surface area contributed by atoms with Crippen molar-refractivity contribution in [2.24, 2.45) is 5.92 Å². The Hall–Kier alpha value is -2.44. The van der Waals surface area contributed by atoms with Crippen molar-refractivity contribution in [1.82, 2.24) is 20.1 Å². The molecular formula is C16H22N4O3. The van der Waals surface area contributed by atoms with Gasteiger partial charge in [0.05, 0.1) is 17.5 Å². The number of fused-ring (bicyclic) bond motifs is 1. The lowest BCUT2D eigenvalue weighted by molar-refractivity contribution is -0.140. The molecular weight excluding hydrogens is 296 g/mol. The molecule has 0 aliphatic rings. The molecule has 23 heavy (non-hydrogen) atoms. The van der Waals surface area contributed by atoms with E-state index in [4.69, 9.17) is 0 Å². The van der Waals surface area contributed by atoms with E-state index in [0.29, 0.717) is 24.2 Å². The molecule has 0 radical (unpaired) electrons. The SMILES string of the molecule is CC[C@H](C)[C@H](NC(=O)c1cc2cnn(CC)c2nc1C)C(=O)O. The lowest BCUT2D eigenvalue weighted by Gasteiger charge is -2.20. The van der Waals surface area contributed by atoms with Crippen molar-refractivity contribution < 1.29 is 14.7 Å². The predicted molar refractivity (Wildman–Crippen MR) is 86.3 cm³/mol. The second-order valence-electron chi connectivity index (χ2n) is 5.67. The summed E-state index contributed by atoms with van der Waals surface area (Å²) >= 11 is 0. The number of aliphatic carboxylic acids is 1. The van der Waals surface area contributed by atoms with Gasteiger partial charge < -0.3 is 10.4 Å². The normalized spacial score (nSPS) is 13.7. The highest BCUT2D eigenvalue weighted by Crippen LogP contribution is 2.17. The van der Waals surface area contributed by atoms with Gasteiger partial charge in [0, 0.05) is 11.9 Å². The number of carboxylic acid groups (broad SMARTS) is 1. The number of hydrogen-bond donors (Lipinski definition) is 2. The quantitative estimate of drug-likeness (QED) is 0.849. The van der Waals surface area contributed by atoms with Crippen LogP contribution in [0.3, 0.4) is 0 Å². The highest BCUT2D eigenvalue weighted by atomic mass is 16.4. The standard InChI is InChI=1S/C16H22N4O3/c1-5-9(3)13(16(22)23)19-15(21)12-7-11-8-17-20(6-2)14(11)18-10(12)4/h7-9,13H,5-6H2,1-4H3,(H,19,21)(H,22,23)/t9-,13-/m0/s1. The largest absolute Gasteiger partial charge is 0.480 e. The molecule has 0 saturated heterocycles. The van der Waals surface area contributed by atoms with E-state index in [-0.39, 0.29) is 5.92 Å². The Morgan fingerprint density at radius 3 is 2.65 bits per heavy atom. The monoisotopic (exact) mass is 318 g/mol. The minimum absolute atomic E-state index is 0.156. The van der Waals surface area contributed by atoms with Crippen molar-refractivity contribution in [2.45, 2.75) is 46.7 Å². The molecule has 7 nitrogen and oxygen atoms in total. The average molecular weight is 318 g/mol. The van der Waals surface area contributed by atoms with Gasteiger partial charge in [0.15, 0.2) is 5.65 Å². The van der Waals surface area contributed by atoms with Crippen LogP contribution in [0.5, 0.6) is 0 Å². The third-order valence-electron chi connectivity index (χ3n) is 4.11. The summed E-state index contributed by atoms with van der Waals surface area (Å²) in [6.07, 6.45) is 2.32. The maximum Gasteiger partial charge on any atom is 0.326 e. The van der Waals surface area contributed by atoms with E-state index in [0.717, 1.165) is 11.0 Å². The van der Waals surface area contributed by atoms with Gasteiger partial charge in [0.1, 0.15) is 6.04 Å². The molecule has 0 spiro atoms. The number of carbonyl (C=O) groups excluding carboxylic acids is 1. The molecule has 2 N–H and O–H groups in total. The Balaban J connectivity index is 2.33. The van der Waals surface area contributed by atoms with Crippen molar-refractivity contribution in [3.05, 3.63) is 23.5 Å². The van der Waals surface area contributed by atoms with Gasteiger partial charge in [-0.15, -0.1) is 0 Å². The second kappa shape index (κ2) is 6.76. The zero-order valence-electron chi connectivity index (χ0n) is 13.8. The minimum Gasteiger partial charge on any atom is -0.480 e. The van der Waals surface area contributed by atoms with Crippen molar-refractivity contribution in [2.75, 3.05) is 0 Å². The highest BCUT2D eigenvalue weighted by Gasteiger charge is 2.26. The van der Waals surface area contributed by atoms with Gasteiger partial charge in [-0.25, -0.2) is 14.5 Å². The molecule has 124 valence electrons. The molecule has 0 saturated carbocycles. The van der Waals surface area contributed by atoms with Gasteiger partial charge in [-0.1, -0.05) is 20.3 Å². The number of aromatic nitrogens is 3. The van der Waals surface area contributed by atoms with Crippen LogP contribution in [0, 0.1) is 12.8 Å². The van der Waals surface area contributed by atoms with Crippen LogP contribution in [0.15, 0.2) is 12.3 Å². The van der Waals surface area contributed by atoms with E-state index in [9.17, 15) is 14.7 Å². The molecule has 0 fully saturated rings. The molecule has 1 amide bonds. The fraction of sp³-hybridized carbons (Fsp3) is 0.500. The third kappa shape index (κ3) is 3.33. The van der Waals surface area contributed by atoms with Gasteiger partial charge in [-0.3, -0.25) is 4.79 Å². The van der Waals surface area contributed by atoms with Crippen molar-refractivity contribution in [3.8, 4) is 0 Å². The van der Waals surface area contributed by atoms with Crippen molar-refractivity contribution in [3.63, 3.8) is 0 Å². The van der Waals surface area contributed by atoms with Gasteiger partial charge >= 0.3 is 5.97 Å². The summed E-state index contributed by atoms with van der Waals surface area (Å²) in [6.45, 7) is 8.09. The Bertz CT molecular complexity index is 738. The van der Waals surface area contributed by atoms with Gasteiger partial charge in [0.25, 0.3) is 5.91 Å². The fourth-order valence-electron chi connectivity index (χ4n) is 2.46. The fourth-order valence-corrected chi connectivity index (χ4v) is 2.46. The molecule has 2 rings (SSSR count). The molecule has 2 heterocycles. The zero-order valence-corrected chi connectivity index (χ0v) is 13.8. The number of amides is 1. The smallest absolute Gasteiger partial charge is 0.326 e. The Morgan fingerprint density at radius 1 is 1.39 bits per heavy atom. The van der Waals surface area contributed by atoms with Crippen LogP contribution in [0.2, 0.25) is 0 Å². The van der Waals surface area contributed by atoms with Crippen molar-refractivity contribution >= 4 is 22.9 Å². The maximum absolute atomic E-state index is 12.5. The number of nitrogens with one attached hydrogen (secondary N) is 1. The van der Waals surface area contributed by atoms with E-state index in [2.05, 4.69) is 15.4 Å². The lowest BCUT2D eigenvalue weighted by Crippen LogP contribution is -2.45. The van der Waals surface area contributed by atoms with E-state index in [1.54, 1.807) is 30.8 Å². The van der Waals surface area contributed by atoms with E-state index in [1.807, 2.05) is 13.8 Å². The average Bonchev–Trinajstić information content (AvgIpc) is 2.92. The maximum atomic E-state index is 12.5. The number of pyridine rings is 1. The summed E-state index contributed by atoms with van der Waals surface area (Å²) in [6, 6.07) is 0.794. The van der Waals surface area contributed by atoms with Crippen LogP contribution in [0.1, 0.15) is 43.2 Å². The molecule has 0 aliphatic carbocycles. The van der Waals surface area contributed by atoms with Gasteiger partial charge in [-0.05, 0) is 25.8 Å². The summed E-state index contributed by atoms with van der Waals surface area (Å²) in [7, 11) is 0. The van der Waals surface area contributed by atoms with E-state index < -0.39 is 17.9 Å². The molecule has 2 aromatic rings. The van der Waals surface area contributed by atoms with Crippen LogP contribution in [0.25, 0.3) is 11.0 Å². The number of rotatable bonds is 6. The van der Waals surface area contributed by atoms with Crippen molar-refractivity contribution in [1.29, 1.82) is 0 Å². The number of hydrogen-bond acceptors (Lipinski definition) is 4. The van der Waals surface area contributed by atoms with Gasteiger partial charge in [-0.2, -0.15) is 5.10 Å². The first-order valence-electron chi connectivity index (χ1n) is 7.75. The molecule has 2 aromatic heterocycles. The first-order chi connectivity index (χ1) is 10.9. The Morgan fingerprint density at radius 2 is 2.09 bits per heavy atom. The Labute approximate surface area is 134 Å². The topological polar surface area (TPSA) is 97.1 Å². The summed E-state index contributed by atoms with van der Waals surface area (Å²) in [5.74, 6) is -1.61. The van der Waals surface area contributed by atoms with E-state index >= 15 is 0 Å². The van der Waals surface area contributed by atoms with Crippen LogP contribution in [-0.2, 0) is 11.3 Å². The predicted octanol–water partition coefficient (Wildman–Crippen LogP) is 1.99. The molecule has 0 bridgehead atoms. The number of nitrogens with zero attached hydrogens (tertiary/aromatic N) is 3. The Kier molecular flexibility index (Phi) is 4.98. The summed E-state index contributed by atoms with van der Waals surface area (Å²) in [4.78, 5) is 28.3. The number of aryl methyl sites for hydroxylation is 2. The van der Waals surface area contributed by atoms with Gasteiger partial charge in [0.2, 0.25) is 0 Å². The zero-order chi connectivity index (χ0) is 17.1. The molecule has 0 aromatic carbocycles. The third-order valence-corrected chi connectivity index (χ3v) is 4.11. The van der Waals surface area contributed by atoms with Crippen LogP contribution < -0.4 is 5.32 Å². The summed E-state index contributed by atoms with van der Waals surface area (Å²) < 4.78 is 1.75. The van der Waals surface area contributed by atoms with E-state index in [1.165, 1.54) is 0 Å². The number of carboxylic acids is 1. The van der Waals surface area contributed by atoms with Crippen LogP contribution >= 0.6 is 0 Å². The highest BCUT2D eigenvalue weighted by molar-refractivity contribution is 5.99.